The van der Waals surface area contributed by atoms with Crippen molar-refractivity contribution in [1.29, 1.82) is 0 Å². The predicted molar refractivity (Wildman–Crippen MR) is 292 cm³/mol. The minimum atomic E-state index is -0.813. The number of hydrogen-bond acceptors (Lipinski definition) is 5. The third-order valence-corrected chi connectivity index (χ3v) is 13.1. The topological polar surface area (TPSA) is 95.9 Å². The van der Waals surface area contributed by atoms with Crippen LogP contribution in [0.4, 0.5) is 0 Å². The van der Waals surface area contributed by atoms with Crippen LogP contribution in [-0.4, -0.2) is 46.9 Å². The SMILES string of the molecule is CC/C=C\C/C=C\C/C=C\C/C=C\C/C=C\CC(CC(=O)NC(CO)C(O)CCCCCCCCCCCCCCCCCCC)OC(=O)CCCCCCCCCCCCCCCCCC. The van der Waals surface area contributed by atoms with Gasteiger partial charge in [-0.3, -0.25) is 9.59 Å². The van der Waals surface area contributed by atoms with Crippen molar-refractivity contribution in [2.24, 2.45) is 0 Å². The van der Waals surface area contributed by atoms with Crippen LogP contribution >= 0.6 is 0 Å². The summed E-state index contributed by atoms with van der Waals surface area (Å²) in [6.07, 6.45) is 68.8. The standard InChI is InChI=1S/C61H111NO5/c1-4-7-10-13-16-19-22-25-28-30-32-35-38-41-44-47-50-53-59(64)58(56-63)62-60(65)55-57(52-49-46-43-40-37-34-31-27-24-21-18-15-12-9-6-3)67-61(66)54-51-48-45-42-39-36-33-29-26-23-20-17-14-11-8-5-2/h9,12,18,21,27,31,37,40,46,49,57-59,63-64H,4-8,10-11,13-17,19-20,22-26,28-30,32-36,38-39,41-45,47-48,50-56H2,1-3H3,(H,62,65)/b12-9-,21-18-,31-27-,40-37-,49-46-. The van der Waals surface area contributed by atoms with Gasteiger partial charge in [-0.2, -0.15) is 0 Å². The fourth-order valence-corrected chi connectivity index (χ4v) is 8.75. The number of carbonyl (C=O) groups is 2. The number of hydrogen-bond donors (Lipinski definition) is 3. The normalized spacial score (nSPS) is 13.6. The van der Waals surface area contributed by atoms with E-state index in [1.807, 2.05) is 6.08 Å². The predicted octanol–water partition coefficient (Wildman–Crippen LogP) is 18.0. The molecule has 6 nitrogen and oxygen atoms in total. The summed E-state index contributed by atoms with van der Waals surface area (Å²) in [6, 6.07) is -0.733. The van der Waals surface area contributed by atoms with E-state index in [1.54, 1.807) is 0 Å². The van der Waals surface area contributed by atoms with Gasteiger partial charge in [0.15, 0.2) is 0 Å². The molecule has 6 heteroatoms. The van der Waals surface area contributed by atoms with Crippen LogP contribution < -0.4 is 5.32 Å². The van der Waals surface area contributed by atoms with Gasteiger partial charge in [-0.15, -0.1) is 0 Å². The zero-order valence-electron chi connectivity index (χ0n) is 44.5. The molecule has 0 aliphatic rings. The van der Waals surface area contributed by atoms with Gasteiger partial charge in [0.2, 0.25) is 5.91 Å². The molecule has 0 saturated carbocycles. The van der Waals surface area contributed by atoms with Crippen molar-refractivity contribution in [3.63, 3.8) is 0 Å². The average Bonchev–Trinajstić information content (AvgIpc) is 3.32. The fourth-order valence-electron chi connectivity index (χ4n) is 8.75. The summed E-state index contributed by atoms with van der Waals surface area (Å²) in [5.74, 6) is -0.568. The van der Waals surface area contributed by atoms with E-state index in [2.05, 4.69) is 80.8 Å². The van der Waals surface area contributed by atoms with E-state index in [4.69, 9.17) is 4.74 Å². The molecule has 3 atom stereocenters. The average molecular weight is 939 g/mol. The van der Waals surface area contributed by atoms with Gasteiger partial charge >= 0.3 is 5.97 Å². The molecule has 0 aromatic heterocycles. The molecule has 0 spiro atoms. The highest BCUT2D eigenvalue weighted by Gasteiger charge is 2.23. The molecule has 0 bridgehead atoms. The molecule has 67 heavy (non-hydrogen) atoms. The number of carbonyl (C=O) groups excluding carboxylic acids is 2. The van der Waals surface area contributed by atoms with Crippen molar-refractivity contribution in [3.8, 4) is 0 Å². The molecule has 0 heterocycles. The van der Waals surface area contributed by atoms with Gasteiger partial charge in [0.25, 0.3) is 0 Å². The maximum atomic E-state index is 13.2. The molecule has 0 saturated heterocycles. The molecule has 390 valence electrons. The first-order chi connectivity index (χ1) is 33.0. The zero-order valence-corrected chi connectivity index (χ0v) is 44.5. The van der Waals surface area contributed by atoms with Crippen molar-refractivity contribution >= 4 is 11.9 Å². The Morgan fingerprint density at radius 1 is 0.448 bits per heavy atom. The monoisotopic (exact) mass is 938 g/mol. The van der Waals surface area contributed by atoms with Gasteiger partial charge in [0.1, 0.15) is 6.10 Å². The number of allylic oxidation sites excluding steroid dienone is 9. The molecule has 0 rings (SSSR count). The highest BCUT2D eigenvalue weighted by Crippen LogP contribution is 2.18. The summed E-state index contributed by atoms with van der Waals surface area (Å²) >= 11 is 0. The van der Waals surface area contributed by atoms with Crippen molar-refractivity contribution in [1.82, 2.24) is 5.32 Å². The maximum Gasteiger partial charge on any atom is 0.306 e. The third kappa shape index (κ3) is 49.8. The molecule has 0 aromatic rings. The van der Waals surface area contributed by atoms with Gasteiger partial charge in [0.05, 0.1) is 25.2 Å². The van der Waals surface area contributed by atoms with Crippen molar-refractivity contribution in [2.75, 3.05) is 6.61 Å². The van der Waals surface area contributed by atoms with Crippen LogP contribution in [0.2, 0.25) is 0 Å². The highest BCUT2D eigenvalue weighted by atomic mass is 16.5. The Labute approximate surface area is 416 Å². The lowest BCUT2D eigenvalue weighted by atomic mass is 10.0. The van der Waals surface area contributed by atoms with Gasteiger partial charge < -0.3 is 20.3 Å². The Hall–Kier alpha value is -2.44. The second kappa shape index (κ2) is 54.5. The summed E-state index contributed by atoms with van der Waals surface area (Å²) < 4.78 is 5.89. The third-order valence-electron chi connectivity index (χ3n) is 13.1. The molecule has 3 N–H and O–H groups in total. The first kappa shape index (κ1) is 64.6. The molecule has 0 radical (unpaired) electrons. The highest BCUT2D eigenvalue weighted by molar-refractivity contribution is 5.77. The van der Waals surface area contributed by atoms with Gasteiger partial charge in [-0.1, -0.05) is 287 Å². The second-order valence-corrected chi connectivity index (χ2v) is 19.7. The number of aliphatic hydroxyl groups excluding tert-OH is 2. The number of aliphatic hydroxyl groups is 2. The smallest absolute Gasteiger partial charge is 0.306 e. The Balaban J connectivity index is 4.62. The number of unbranched alkanes of at least 4 members (excludes halogenated alkanes) is 31. The van der Waals surface area contributed by atoms with Gasteiger partial charge in [-0.25, -0.2) is 0 Å². The first-order valence-corrected chi connectivity index (χ1v) is 29.0. The summed E-state index contributed by atoms with van der Waals surface area (Å²) in [5, 5.41) is 23.9. The Morgan fingerprint density at radius 2 is 0.776 bits per heavy atom. The van der Waals surface area contributed by atoms with E-state index in [9.17, 15) is 19.8 Å². The summed E-state index contributed by atoms with van der Waals surface area (Å²) in [6.45, 7) is 6.38. The Bertz CT molecular complexity index is 1190. The van der Waals surface area contributed by atoms with Gasteiger partial charge in [-0.05, 0) is 44.9 Å². The zero-order chi connectivity index (χ0) is 48.8. The van der Waals surface area contributed by atoms with Crippen LogP contribution in [0.3, 0.4) is 0 Å². The van der Waals surface area contributed by atoms with Crippen LogP contribution in [0.5, 0.6) is 0 Å². The van der Waals surface area contributed by atoms with Crippen LogP contribution in [0, 0.1) is 0 Å². The minimum absolute atomic E-state index is 0.00134. The molecule has 0 aromatic carbocycles. The lowest BCUT2D eigenvalue weighted by Crippen LogP contribution is -2.46. The molecular weight excluding hydrogens is 827 g/mol. The van der Waals surface area contributed by atoms with Gasteiger partial charge in [0, 0.05) is 12.8 Å². The second-order valence-electron chi connectivity index (χ2n) is 19.7. The quantitative estimate of drug-likeness (QED) is 0.0321. The van der Waals surface area contributed by atoms with Crippen LogP contribution in [0.25, 0.3) is 0 Å². The molecule has 3 unspecified atom stereocenters. The van der Waals surface area contributed by atoms with E-state index in [0.717, 1.165) is 70.6 Å². The van der Waals surface area contributed by atoms with Crippen molar-refractivity contribution in [2.45, 2.75) is 309 Å². The summed E-state index contributed by atoms with van der Waals surface area (Å²) in [7, 11) is 0. The van der Waals surface area contributed by atoms with E-state index in [1.165, 1.54) is 173 Å². The number of ether oxygens (including phenoxy) is 1. The largest absolute Gasteiger partial charge is 0.461 e. The fraction of sp³-hybridized carbons (Fsp3) is 0.803. The maximum absolute atomic E-state index is 13.2. The molecule has 1 amide bonds. The molecule has 0 aliphatic carbocycles. The van der Waals surface area contributed by atoms with Crippen molar-refractivity contribution < 1.29 is 24.5 Å². The van der Waals surface area contributed by atoms with Crippen LogP contribution in [0.1, 0.15) is 290 Å². The Morgan fingerprint density at radius 3 is 1.13 bits per heavy atom. The lowest BCUT2D eigenvalue weighted by Gasteiger charge is -2.24. The molecule has 0 aliphatic heterocycles. The van der Waals surface area contributed by atoms with E-state index >= 15 is 0 Å². The summed E-state index contributed by atoms with van der Waals surface area (Å²) in [4.78, 5) is 26.2. The number of esters is 1. The van der Waals surface area contributed by atoms with E-state index in [0.29, 0.717) is 19.3 Å². The van der Waals surface area contributed by atoms with Crippen LogP contribution in [0.15, 0.2) is 60.8 Å². The van der Waals surface area contributed by atoms with Crippen LogP contribution in [-0.2, 0) is 14.3 Å². The number of amides is 1. The Kier molecular flexibility index (Phi) is 52.5. The first-order valence-electron chi connectivity index (χ1n) is 29.0. The van der Waals surface area contributed by atoms with E-state index in [-0.39, 0.29) is 24.9 Å². The van der Waals surface area contributed by atoms with Crippen molar-refractivity contribution in [3.05, 3.63) is 60.8 Å². The number of nitrogens with one attached hydrogen (secondary N) is 1. The number of rotatable bonds is 52. The molecular formula is C61H111NO5. The molecule has 0 fully saturated rings. The summed E-state index contributed by atoms with van der Waals surface area (Å²) in [5.41, 5.74) is 0. The van der Waals surface area contributed by atoms with E-state index < -0.39 is 18.2 Å². The lowest BCUT2D eigenvalue weighted by molar-refractivity contribution is -0.150. The minimum Gasteiger partial charge on any atom is -0.461 e.